The van der Waals surface area contributed by atoms with Crippen molar-refractivity contribution in [1.82, 2.24) is 14.5 Å². The molecule has 0 atom stereocenters. The summed E-state index contributed by atoms with van der Waals surface area (Å²) < 4.78 is 27.9. The van der Waals surface area contributed by atoms with E-state index in [0.717, 1.165) is 28.4 Å². The maximum Gasteiger partial charge on any atom is 0.252 e. The molecule has 0 N–H and O–H groups in total. The summed E-state index contributed by atoms with van der Waals surface area (Å²) in [6.45, 7) is 4.10. The predicted molar refractivity (Wildman–Crippen MR) is 130 cm³/mol. The molecule has 0 radical (unpaired) electrons. The fourth-order valence-corrected chi connectivity index (χ4v) is 6.84. The molecule has 0 aliphatic carbocycles. The summed E-state index contributed by atoms with van der Waals surface area (Å²) in [5, 5.41) is 11.2. The molecular formula is C24H24N4O2S2. The number of fused-ring (bicyclic) bond motifs is 1. The van der Waals surface area contributed by atoms with Crippen molar-refractivity contribution in [2.24, 2.45) is 0 Å². The highest BCUT2D eigenvalue weighted by Gasteiger charge is 2.30. The summed E-state index contributed by atoms with van der Waals surface area (Å²) in [5.41, 5.74) is 1.85. The van der Waals surface area contributed by atoms with Gasteiger partial charge in [0.15, 0.2) is 5.82 Å². The van der Waals surface area contributed by atoms with Crippen LogP contribution in [0.4, 0.5) is 5.82 Å². The van der Waals surface area contributed by atoms with Crippen molar-refractivity contribution in [3.05, 3.63) is 71.6 Å². The number of hydrogen-bond acceptors (Lipinski definition) is 6. The Hall–Kier alpha value is -2.81. The molecule has 4 aromatic rings. The normalized spacial score (nSPS) is 15.3. The van der Waals surface area contributed by atoms with Crippen LogP contribution in [0.15, 0.2) is 70.9 Å². The van der Waals surface area contributed by atoms with Gasteiger partial charge in [0.05, 0.1) is 5.69 Å². The number of aryl methyl sites for hydroxylation is 1. The predicted octanol–water partition coefficient (Wildman–Crippen LogP) is 4.43. The Kier molecular flexibility index (Phi) is 5.67. The molecule has 1 saturated heterocycles. The van der Waals surface area contributed by atoms with Gasteiger partial charge < -0.3 is 4.90 Å². The van der Waals surface area contributed by atoms with E-state index in [1.807, 2.05) is 37.3 Å². The van der Waals surface area contributed by atoms with Crippen molar-refractivity contribution in [2.45, 2.75) is 17.6 Å². The molecule has 2 aromatic carbocycles. The molecule has 0 bridgehead atoms. The van der Waals surface area contributed by atoms with Crippen LogP contribution < -0.4 is 4.90 Å². The maximum atomic E-state index is 12.9. The van der Waals surface area contributed by atoms with E-state index in [1.165, 1.54) is 22.1 Å². The van der Waals surface area contributed by atoms with Gasteiger partial charge in [0.25, 0.3) is 10.0 Å². The van der Waals surface area contributed by atoms with Gasteiger partial charge in [-0.3, -0.25) is 0 Å². The number of benzene rings is 2. The van der Waals surface area contributed by atoms with Crippen molar-refractivity contribution >= 4 is 38.0 Å². The molecule has 164 valence electrons. The molecule has 32 heavy (non-hydrogen) atoms. The van der Waals surface area contributed by atoms with Gasteiger partial charge in [-0.05, 0) is 47.5 Å². The van der Waals surface area contributed by atoms with Crippen LogP contribution in [0.2, 0.25) is 0 Å². The second kappa shape index (κ2) is 8.61. The van der Waals surface area contributed by atoms with Crippen LogP contribution >= 0.6 is 11.3 Å². The number of piperazine rings is 1. The van der Waals surface area contributed by atoms with E-state index in [4.69, 9.17) is 0 Å². The molecule has 6 nitrogen and oxygen atoms in total. The molecule has 8 heteroatoms. The topological polar surface area (TPSA) is 66.4 Å². The van der Waals surface area contributed by atoms with Gasteiger partial charge in [0.1, 0.15) is 4.21 Å². The summed E-state index contributed by atoms with van der Waals surface area (Å²) in [4.78, 5) is 3.18. The van der Waals surface area contributed by atoms with Crippen molar-refractivity contribution in [3.63, 3.8) is 0 Å². The lowest BCUT2D eigenvalue weighted by Crippen LogP contribution is -2.48. The molecule has 1 fully saturated rings. The highest BCUT2D eigenvalue weighted by Crippen LogP contribution is 2.27. The van der Waals surface area contributed by atoms with E-state index in [2.05, 4.69) is 45.4 Å². The Morgan fingerprint density at radius 2 is 1.66 bits per heavy atom. The van der Waals surface area contributed by atoms with Gasteiger partial charge in [-0.2, -0.15) is 4.31 Å². The van der Waals surface area contributed by atoms with E-state index in [1.54, 1.807) is 10.4 Å². The van der Waals surface area contributed by atoms with Gasteiger partial charge in [-0.15, -0.1) is 21.5 Å². The van der Waals surface area contributed by atoms with Crippen molar-refractivity contribution in [2.75, 3.05) is 31.1 Å². The summed E-state index contributed by atoms with van der Waals surface area (Å²) in [5.74, 6) is 0.774. The van der Waals surface area contributed by atoms with E-state index >= 15 is 0 Å². The maximum absolute atomic E-state index is 12.9. The lowest BCUT2D eigenvalue weighted by atomic mass is 10.1. The summed E-state index contributed by atoms with van der Waals surface area (Å²) >= 11 is 1.37. The SMILES string of the molecule is CCc1ccc(S(=O)(=O)N2CCN(c3ccc(-c4ccc5ccccc5c4)nn3)CC2)s1. The lowest BCUT2D eigenvalue weighted by Gasteiger charge is -2.34. The zero-order valence-electron chi connectivity index (χ0n) is 17.8. The van der Waals surface area contributed by atoms with E-state index in [-0.39, 0.29) is 0 Å². The first-order valence-electron chi connectivity index (χ1n) is 10.7. The summed E-state index contributed by atoms with van der Waals surface area (Å²) in [6.07, 6.45) is 0.849. The zero-order valence-corrected chi connectivity index (χ0v) is 19.4. The minimum atomic E-state index is -3.43. The Bertz CT molecular complexity index is 1340. The van der Waals surface area contributed by atoms with Crippen LogP contribution in [-0.4, -0.2) is 49.1 Å². The third kappa shape index (κ3) is 4.01. The largest absolute Gasteiger partial charge is 0.352 e. The summed E-state index contributed by atoms with van der Waals surface area (Å²) in [7, 11) is -3.43. The first-order chi connectivity index (χ1) is 15.5. The Morgan fingerprint density at radius 1 is 0.875 bits per heavy atom. The number of hydrogen-bond donors (Lipinski definition) is 0. The molecule has 1 aliphatic rings. The Morgan fingerprint density at radius 3 is 2.34 bits per heavy atom. The van der Waals surface area contributed by atoms with Crippen LogP contribution in [0.25, 0.3) is 22.0 Å². The van der Waals surface area contributed by atoms with Crippen LogP contribution in [-0.2, 0) is 16.4 Å². The zero-order chi connectivity index (χ0) is 22.1. The van der Waals surface area contributed by atoms with E-state index in [0.29, 0.717) is 30.4 Å². The van der Waals surface area contributed by atoms with Gasteiger partial charge in [0.2, 0.25) is 0 Å². The average Bonchev–Trinajstić information content (AvgIpc) is 3.34. The average molecular weight is 465 g/mol. The minimum absolute atomic E-state index is 0.433. The molecule has 0 spiro atoms. The van der Waals surface area contributed by atoms with E-state index < -0.39 is 10.0 Å². The van der Waals surface area contributed by atoms with Gasteiger partial charge in [0, 0.05) is 36.6 Å². The second-order valence-electron chi connectivity index (χ2n) is 7.80. The smallest absolute Gasteiger partial charge is 0.252 e. The lowest BCUT2D eigenvalue weighted by molar-refractivity contribution is 0.384. The highest BCUT2D eigenvalue weighted by molar-refractivity contribution is 7.91. The van der Waals surface area contributed by atoms with Crippen molar-refractivity contribution in [1.29, 1.82) is 0 Å². The fraction of sp³-hybridized carbons (Fsp3) is 0.250. The third-order valence-electron chi connectivity index (χ3n) is 5.84. The number of nitrogens with zero attached hydrogens (tertiary/aromatic N) is 4. The van der Waals surface area contributed by atoms with Crippen LogP contribution in [0.1, 0.15) is 11.8 Å². The van der Waals surface area contributed by atoms with Gasteiger partial charge in [-0.25, -0.2) is 8.42 Å². The molecule has 0 amide bonds. The first kappa shape index (κ1) is 21.1. The van der Waals surface area contributed by atoms with Crippen LogP contribution in [0, 0.1) is 0 Å². The first-order valence-corrected chi connectivity index (χ1v) is 13.0. The quantitative estimate of drug-likeness (QED) is 0.437. The monoisotopic (exact) mass is 464 g/mol. The number of anilines is 1. The standard InChI is InChI=1S/C24H24N4O2S2/c1-2-21-9-12-24(31-21)32(29,30)28-15-13-27(14-16-28)23-11-10-22(25-26-23)20-8-7-18-5-3-4-6-19(18)17-20/h3-12,17H,2,13-16H2,1H3. The van der Waals surface area contributed by atoms with Gasteiger partial charge in [-0.1, -0.05) is 43.3 Å². The molecular weight excluding hydrogens is 440 g/mol. The van der Waals surface area contributed by atoms with Gasteiger partial charge >= 0.3 is 0 Å². The van der Waals surface area contributed by atoms with Crippen molar-refractivity contribution in [3.8, 4) is 11.3 Å². The number of aromatic nitrogens is 2. The highest BCUT2D eigenvalue weighted by atomic mass is 32.2. The van der Waals surface area contributed by atoms with Crippen LogP contribution in [0.5, 0.6) is 0 Å². The van der Waals surface area contributed by atoms with Crippen molar-refractivity contribution < 1.29 is 8.42 Å². The second-order valence-corrected chi connectivity index (χ2v) is 11.1. The number of rotatable bonds is 5. The molecule has 0 unspecified atom stereocenters. The number of sulfonamides is 1. The molecule has 5 rings (SSSR count). The minimum Gasteiger partial charge on any atom is -0.352 e. The van der Waals surface area contributed by atoms with Crippen LogP contribution in [0.3, 0.4) is 0 Å². The molecule has 1 aliphatic heterocycles. The van der Waals surface area contributed by atoms with E-state index in [9.17, 15) is 8.42 Å². The Labute approximate surface area is 192 Å². The summed E-state index contributed by atoms with van der Waals surface area (Å²) in [6, 6.07) is 22.1. The molecule has 0 saturated carbocycles. The number of thiophene rings is 1. The Balaban J connectivity index is 1.27. The fourth-order valence-electron chi connectivity index (χ4n) is 3.97. The molecule has 3 heterocycles. The molecule has 2 aromatic heterocycles. The third-order valence-corrected chi connectivity index (χ3v) is 9.43.